The van der Waals surface area contributed by atoms with Crippen LogP contribution in [0.3, 0.4) is 0 Å². The minimum absolute atomic E-state index is 0.0835. The first kappa shape index (κ1) is 23.0. The van der Waals surface area contributed by atoms with Crippen LogP contribution in [0, 0.1) is 17.0 Å². The number of amides is 1. The number of halogens is 1. The average molecular weight is 476 g/mol. The fraction of sp³-hybridized carbons (Fsp3) is 0.0952. The summed E-state index contributed by atoms with van der Waals surface area (Å²) < 4.78 is 32.8. The zero-order valence-electron chi connectivity index (χ0n) is 17.0. The van der Waals surface area contributed by atoms with E-state index < -0.39 is 20.9 Å². The van der Waals surface area contributed by atoms with Crippen molar-refractivity contribution in [1.82, 2.24) is 0 Å². The number of nitro groups is 1. The van der Waals surface area contributed by atoms with Gasteiger partial charge in [-0.1, -0.05) is 17.7 Å². The van der Waals surface area contributed by atoms with E-state index >= 15 is 0 Å². The smallest absolute Gasteiger partial charge is 0.271 e. The van der Waals surface area contributed by atoms with Gasteiger partial charge in [-0.15, -0.1) is 0 Å². The van der Waals surface area contributed by atoms with Gasteiger partial charge in [0.05, 0.1) is 22.6 Å². The predicted molar refractivity (Wildman–Crippen MR) is 121 cm³/mol. The van der Waals surface area contributed by atoms with Gasteiger partial charge >= 0.3 is 0 Å². The van der Waals surface area contributed by atoms with Crippen molar-refractivity contribution in [3.63, 3.8) is 0 Å². The molecule has 0 unspecified atom stereocenters. The number of non-ortho nitro benzene ring substituents is 1. The maximum Gasteiger partial charge on any atom is 0.271 e. The topological polar surface area (TPSA) is 128 Å². The summed E-state index contributed by atoms with van der Waals surface area (Å²) >= 11 is 6.06. The lowest BCUT2D eigenvalue weighted by atomic mass is 10.2. The lowest BCUT2D eigenvalue weighted by molar-refractivity contribution is -0.384. The maximum atomic E-state index is 12.7. The van der Waals surface area contributed by atoms with Crippen molar-refractivity contribution in [2.45, 2.75) is 11.8 Å². The standard InChI is InChI=1S/C21H18ClN3O6S/c1-13-3-6-15(11-18(13)22)23-21(26)14-4-8-17(9-5-14)32(29,30)24-19-12-16(25(27)28)7-10-20(19)31-2/h3-12,24H,1-2H3,(H,23,26). The number of rotatable bonds is 7. The molecule has 3 aromatic carbocycles. The Bertz CT molecular complexity index is 1290. The molecule has 2 N–H and O–H groups in total. The molecule has 0 radical (unpaired) electrons. The summed E-state index contributed by atoms with van der Waals surface area (Å²) in [6, 6.07) is 13.8. The van der Waals surface area contributed by atoms with E-state index in [2.05, 4.69) is 10.0 Å². The Morgan fingerprint density at radius 3 is 2.34 bits per heavy atom. The molecule has 0 saturated heterocycles. The third-order valence-corrected chi connectivity index (χ3v) is 6.28. The molecule has 32 heavy (non-hydrogen) atoms. The van der Waals surface area contributed by atoms with Gasteiger partial charge in [0.25, 0.3) is 21.6 Å². The molecule has 11 heteroatoms. The van der Waals surface area contributed by atoms with Crippen LogP contribution in [0.2, 0.25) is 5.02 Å². The summed E-state index contributed by atoms with van der Waals surface area (Å²) in [7, 11) is -2.79. The molecule has 0 spiro atoms. The third-order valence-electron chi connectivity index (χ3n) is 4.49. The van der Waals surface area contributed by atoms with Gasteiger partial charge in [0.2, 0.25) is 0 Å². The van der Waals surface area contributed by atoms with E-state index in [-0.39, 0.29) is 27.6 Å². The Balaban J connectivity index is 1.80. The van der Waals surface area contributed by atoms with Crippen LogP contribution in [0.15, 0.2) is 65.6 Å². The Kier molecular flexibility index (Phi) is 6.66. The van der Waals surface area contributed by atoms with E-state index in [0.717, 1.165) is 11.6 Å². The van der Waals surface area contributed by atoms with Crippen molar-refractivity contribution in [3.05, 3.63) is 86.9 Å². The molecule has 0 heterocycles. The van der Waals surface area contributed by atoms with Crippen molar-refractivity contribution in [2.75, 3.05) is 17.1 Å². The van der Waals surface area contributed by atoms with Crippen LogP contribution in [-0.2, 0) is 10.0 Å². The second-order valence-corrected chi connectivity index (χ2v) is 8.78. The SMILES string of the molecule is COc1ccc([N+](=O)[O-])cc1NS(=O)(=O)c1ccc(C(=O)Nc2ccc(C)c(Cl)c2)cc1. The number of sulfonamides is 1. The molecule has 1 amide bonds. The number of methoxy groups -OCH3 is 1. The highest BCUT2D eigenvalue weighted by Gasteiger charge is 2.20. The first-order valence-electron chi connectivity index (χ1n) is 9.13. The van der Waals surface area contributed by atoms with Crippen LogP contribution in [0.5, 0.6) is 5.75 Å². The lowest BCUT2D eigenvalue weighted by Crippen LogP contribution is -2.15. The summed E-state index contributed by atoms with van der Waals surface area (Å²) in [5.41, 5.74) is 1.22. The third kappa shape index (κ3) is 5.16. The number of anilines is 2. The molecule has 3 aromatic rings. The minimum Gasteiger partial charge on any atom is -0.495 e. The highest BCUT2D eigenvalue weighted by Crippen LogP contribution is 2.31. The summed E-state index contributed by atoms with van der Waals surface area (Å²) in [5, 5.41) is 14.2. The number of hydrogen-bond acceptors (Lipinski definition) is 6. The van der Waals surface area contributed by atoms with E-state index in [1.807, 2.05) is 6.92 Å². The van der Waals surface area contributed by atoms with Crippen molar-refractivity contribution in [1.29, 1.82) is 0 Å². The van der Waals surface area contributed by atoms with Crippen LogP contribution in [0.4, 0.5) is 17.1 Å². The average Bonchev–Trinajstić information content (AvgIpc) is 2.76. The molecule has 0 fully saturated rings. The maximum absolute atomic E-state index is 12.7. The number of carbonyl (C=O) groups is 1. The number of nitrogens with zero attached hydrogens (tertiary/aromatic N) is 1. The van der Waals surface area contributed by atoms with Gasteiger partial charge in [0, 0.05) is 28.4 Å². The van der Waals surface area contributed by atoms with Crippen LogP contribution in [0.1, 0.15) is 15.9 Å². The normalized spacial score (nSPS) is 11.0. The number of nitro benzene ring substituents is 1. The van der Waals surface area contributed by atoms with Gasteiger partial charge in [0.15, 0.2) is 0 Å². The van der Waals surface area contributed by atoms with Crippen molar-refractivity contribution in [3.8, 4) is 5.75 Å². The number of benzene rings is 3. The van der Waals surface area contributed by atoms with Gasteiger partial charge in [-0.05, 0) is 55.0 Å². The first-order chi connectivity index (χ1) is 15.1. The molecular weight excluding hydrogens is 458 g/mol. The van der Waals surface area contributed by atoms with Gasteiger partial charge in [0.1, 0.15) is 5.75 Å². The highest BCUT2D eigenvalue weighted by molar-refractivity contribution is 7.92. The van der Waals surface area contributed by atoms with Crippen LogP contribution < -0.4 is 14.8 Å². The predicted octanol–water partition coefficient (Wildman–Crippen LogP) is 4.62. The summed E-state index contributed by atoms with van der Waals surface area (Å²) in [5.74, 6) is -0.325. The molecule has 0 aromatic heterocycles. The number of carbonyl (C=O) groups excluding carboxylic acids is 1. The van der Waals surface area contributed by atoms with E-state index in [0.29, 0.717) is 10.7 Å². The fourth-order valence-electron chi connectivity index (χ4n) is 2.75. The number of nitrogens with one attached hydrogen (secondary N) is 2. The van der Waals surface area contributed by atoms with Crippen LogP contribution >= 0.6 is 11.6 Å². The van der Waals surface area contributed by atoms with Gasteiger partial charge in [-0.3, -0.25) is 19.6 Å². The molecular formula is C21H18ClN3O6S. The Morgan fingerprint density at radius 2 is 1.75 bits per heavy atom. The lowest BCUT2D eigenvalue weighted by Gasteiger charge is -2.12. The molecule has 9 nitrogen and oxygen atoms in total. The minimum atomic E-state index is -4.10. The molecule has 166 valence electrons. The number of aryl methyl sites for hydroxylation is 1. The molecule has 0 aliphatic carbocycles. The van der Waals surface area contributed by atoms with Gasteiger partial charge in [-0.25, -0.2) is 8.42 Å². The van der Waals surface area contributed by atoms with Crippen molar-refractivity contribution < 1.29 is 22.9 Å². The van der Waals surface area contributed by atoms with Crippen molar-refractivity contribution >= 4 is 44.6 Å². The summed E-state index contributed by atoms with van der Waals surface area (Å²) in [6.45, 7) is 1.84. The number of ether oxygens (including phenoxy) is 1. The van der Waals surface area contributed by atoms with Crippen molar-refractivity contribution in [2.24, 2.45) is 0 Å². The Morgan fingerprint density at radius 1 is 1.06 bits per heavy atom. The molecule has 0 aliphatic heterocycles. The zero-order chi connectivity index (χ0) is 23.5. The van der Waals surface area contributed by atoms with E-state index in [9.17, 15) is 23.3 Å². The highest BCUT2D eigenvalue weighted by atomic mass is 35.5. The van der Waals surface area contributed by atoms with E-state index in [1.54, 1.807) is 18.2 Å². The zero-order valence-corrected chi connectivity index (χ0v) is 18.5. The molecule has 0 saturated carbocycles. The quantitative estimate of drug-likeness (QED) is 0.379. The second kappa shape index (κ2) is 9.25. The fourth-order valence-corrected chi connectivity index (χ4v) is 3.99. The second-order valence-electron chi connectivity index (χ2n) is 6.69. The monoisotopic (exact) mass is 475 g/mol. The Labute approximate surface area is 189 Å². The molecule has 0 aliphatic rings. The van der Waals surface area contributed by atoms with Gasteiger partial charge in [-0.2, -0.15) is 0 Å². The molecule has 3 rings (SSSR count). The largest absolute Gasteiger partial charge is 0.495 e. The molecule has 0 bridgehead atoms. The summed E-state index contributed by atoms with van der Waals surface area (Å²) in [6.07, 6.45) is 0. The molecule has 0 atom stereocenters. The van der Waals surface area contributed by atoms with E-state index in [1.165, 1.54) is 43.5 Å². The van der Waals surface area contributed by atoms with Gasteiger partial charge < -0.3 is 10.1 Å². The Hall–Kier alpha value is -3.63. The first-order valence-corrected chi connectivity index (χ1v) is 11.0. The van der Waals surface area contributed by atoms with Crippen LogP contribution in [0.25, 0.3) is 0 Å². The number of hydrogen-bond donors (Lipinski definition) is 2. The van der Waals surface area contributed by atoms with E-state index in [4.69, 9.17) is 16.3 Å². The summed E-state index contributed by atoms with van der Waals surface area (Å²) in [4.78, 5) is 22.7. The van der Waals surface area contributed by atoms with Crippen LogP contribution in [-0.4, -0.2) is 26.4 Å².